The topological polar surface area (TPSA) is 44.8 Å². The first-order chi connectivity index (χ1) is 37.6. The number of carbonyl (C=O) groups excluding carboxylic acids is 1. The second-order valence-electron chi connectivity index (χ2n) is 22.5. The largest absolute Gasteiger partial charge is 0.462 e. The van der Waals surface area contributed by atoms with Gasteiger partial charge in [0, 0.05) is 45.5 Å². The number of carbonyl (C=O) groups is 1. The molecule has 0 unspecified atom stereocenters. The third-order valence-corrected chi connectivity index (χ3v) is 17.2. The number of rotatable bonds is 19. The van der Waals surface area contributed by atoms with Crippen molar-refractivity contribution < 1.29 is 36.9 Å². The average molecular weight is 1030 g/mol. The second-order valence-corrected chi connectivity index (χ2v) is 22.5. The van der Waals surface area contributed by atoms with Crippen LogP contribution in [0.25, 0.3) is 0 Å². The Morgan fingerprint density at radius 3 is 1.06 bits per heavy atom. The smallest absolute Gasteiger partial charge is 0.338 e. The van der Waals surface area contributed by atoms with E-state index < -0.39 is 0 Å². The van der Waals surface area contributed by atoms with Crippen LogP contribution in [0.2, 0.25) is 0 Å². The Bertz CT molecular complexity index is 3010. The summed E-state index contributed by atoms with van der Waals surface area (Å²) in [5.41, 5.74) is 8.92. The monoisotopic (exact) mass is 1030 g/mol. The van der Waals surface area contributed by atoms with E-state index in [1.54, 1.807) is 19.1 Å². The van der Waals surface area contributed by atoms with Crippen molar-refractivity contribution in [2.24, 2.45) is 0 Å². The Morgan fingerprint density at radius 1 is 0.403 bits per heavy atom. The van der Waals surface area contributed by atoms with E-state index in [0.29, 0.717) is 25.6 Å². The van der Waals surface area contributed by atoms with Gasteiger partial charge >= 0.3 is 5.97 Å². The van der Waals surface area contributed by atoms with E-state index in [1.165, 1.54) is 118 Å². The molecule has 398 valence electrons. The lowest BCUT2D eigenvalue weighted by Crippen LogP contribution is -2.75. The molecule has 0 N–H and O–H groups in total. The lowest BCUT2D eigenvalue weighted by atomic mass is 10.1. The Balaban J connectivity index is 0.995. The number of esters is 1. The minimum absolute atomic E-state index is 0.328. The van der Waals surface area contributed by atoms with Crippen LogP contribution < -0.4 is 9.47 Å². The van der Waals surface area contributed by atoms with Gasteiger partial charge in [0.15, 0.2) is 0 Å². The molecule has 11 rings (SSSR count). The quantitative estimate of drug-likeness (QED) is 0.0358. The Morgan fingerprint density at radius 2 is 0.727 bits per heavy atom. The highest BCUT2D eigenvalue weighted by molar-refractivity contribution is 5.89. The molecule has 0 aromatic heterocycles. The fraction of sp³-hybridized carbons (Fsp3) is 0.435. The molecule has 5 aromatic rings. The molecule has 0 radical (unpaired) electrons. The van der Waals surface area contributed by atoms with Crippen molar-refractivity contribution in [3.63, 3.8) is 0 Å². The number of benzene rings is 5. The molecule has 0 amide bonds. The standard InChI is InChI=1S/C69H82N4O4/c1-5-9-11-13-39-70-41-47-72(48-42-70,49-43-70)55-76-67-54-66(38-34-62-28-23-60(24-29-62)25-30-63-31-35-64(36-32-63)69(74)75-8-4)68(77-56-73-50-44-71(45-51-73,46-52-73)40-14-12-10-6-2)53-65(67)37-33-61-26-21-59(22-27-61)20-19-58-17-15-57(7-3)16-18-58/h15-18,21-24,26-29,31-32,35-36,53-54H,5-14,39-52,55-56H2,1-4H3/q+4. The van der Waals surface area contributed by atoms with Crippen molar-refractivity contribution in [2.75, 3.05) is 112 Å². The van der Waals surface area contributed by atoms with Crippen LogP contribution in [0.15, 0.2) is 109 Å². The number of unbranched alkanes of at least 4 members (excludes halogenated alkanes) is 6. The summed E-state index contributed by atoms with van der Waals surface area (Å²) in [4.78, 5) is 12.1. The van der Waals surface area contributed by atoms with Crippen LogP contribution in [0.5, 0.6) is 11.5 Å². The van der Waals surface area contributed by atoms with Crippen molar-refractivity contribution in [3.8, 4) is 58.9 Å². The summed E-state index contributed by atoms with van der Waals surface area (Å²) < 4.78 is 23.8. The third kappa shape index (κ3) is 14.6. The molecule has 0 spiro atoms. The molecule has 77 heavy (non-hydrogen) atoms. The number of fused-ring (bicyclic) bond motifs is 6. The molecular formula is C69H82N4O4+4. The van der Waals surface area contributed by atoms with Crippen molar-refractivity contribution >= 4 is 5.97 Å². The van der Waals surface area contributed by atoms with Crippen LogP contribution in [0.1, 0.15) is 139 Å². The van der Waals surface area contributed by atoms with E-state index in [-0.39, 0.29) is 5.97 Å². The van der Waals surface area contributed by atoms with Crippen LogP contribution in [0, 0.1) is 47.4 Å². The number of hydrogen-bond acceptors (Lipinski definition) is 4. The molecule has 6 saturated heterocycles. The van der Waals surface area contributed by atoms with Gasteiger partial charge in [-0.05, 0) is 130 Å². The number of piperazine rings is 6. The van der Waals surface area contributed by atoms with Crippen LogP contribution >= 0.6 is 0 Å². The van der Waals surface area contributed by atoms with E-state index in [9.17, 15) is 4.79 Å². The minimum atomic E-state index is -0.328. The predicted octanol–water partition coefficient (Wildman–Crippen LogP) is 11.2. The van der Waals surface area contributed by atoms with Gasteiger partial charge in [-0.3, -0.25) is 8.97 Å². The molecule has 0 aliphatic carbocycles. The lowest BCUT2D eigenvalue weighted by Gasteiger charge is -2.55. The van der Waals surface area contributed by atoms with Crippen LogP contribution in [0.3, 0.4) is 0 Å². The van der Waals surface area contributed by atoms with Gasteiger partial charge in [0.1, 0.15) is 90.0 Å². The van der Waals surface area contributed by atoms with Gasteiger partial charge in [-0.25, -0.2) is 4.79 Å². The number of nitrogens with zero attached hydrogens (tertiary/aromatic N) is 4. The van der Waals surface area contributed by atoms with Crippen molar-refractivity contribution in [3.05, 3.63) is 165 Å². The molecule has 0 saturated carbocycles. The highest BCUT2D eigenvalue weighted by atomic mass is 16.5. The summed E-state index contributed by atoms with van der Waals surface area (Å²) in [6, 6.07) is 36.2. The van der Waals surface area contributed by atoms with Gasteiger partial charge < -0.3 is 23.2 Å². The maximum atomic E-state index is 12.1. The van der Waals surface area contributed by atoms with Crippen molar-refractivity contribution in [2.45, 2.75) is 85.5 Å². The number of quaternary nitrogens is 4. The van der Waals surface area contributed by atoms with E-state index >= 15 is 0 Å². The number of ether oxygens (including phenoxy) is 3. The lowest BCUT2D eigenvalue weighted by molar-refractivity contribution is -1.09. The summed E-state index contributed by atoms with van der Waals surface area (Å²) in [5.74, 6) is 28.5. The zero-order valence-electron chi connectivity index (χ0n) is 46.7. The number of aryl methyl sites for hydroxylation is 1. The normalized spacial score (nSPS) is 21.7. The maximum Gasteiger partial charge on any atom is 0.338 e. The average Bonchev–Trinajstić information content (AvgIpc) is 3.54. The molecule has 8 nitrogen and oxygen atoms in total. The maximum absolute atomic E-state index is 12.1. The summed E-state index contributed by atoms with van der Waals surface area (Å²) in [7, 11) is 0. The third-order valence-electron chi connectivity index (χ3n) is 17.2. The predicted molar refractivity (Wildman–Crippen MR) is 310 cm³/mol. The van der Waals surface area contributed by atoms with E-state index in [2.05, 4.69) is 129 Å². The molecule has 6 heterocycles. The van der Waals surface area contributed by atoms with Crippen molar-refractivity contribution in [1.82, 2.24) is 0 Å². The first-order valence-corrected chi connectivity index (χ1v) is 29.1. The van der Waals surface area contributed by atoms with Crippen LogP contribution in [-0.2, 0) is 11.2 Å². The van der Waals surface area contributed by atoms with Gasteiger partial charge in [-0.2, -0.15) is 0 Å². The molecule has 6 fully saturated rings. The highest BCUT2D eigenvalue weighted by Gasteiger charge is 2.50. The molecule has 6 aliphatic heterocycles. The molecular weight excluding hydrogens is 949 g/mol. The molecule has 4 bridgehead atoms. The minimum Gasteiger partial charge on any atom is -0.462 e. The summed E-state index contributed by atoms with van der Waals surface area (Å²) >= 11 is 0. The summed E-state index contributed by atoms with van der Waals surface area (Å²) in [5, 5.41) is 0. The first-order valence-electron chi connectivity index (χ1n) is 29.1. The fourth-order valence-electron chi connectivity index (χ4n) is 11.7. The van der Waals surface area contributed by atoms with Gasteiger partial charge in [0.25, 0.3) is 0 Å². The van der Waals surface area contributed by atoms with E-state index in [0.717, 1.165) is 111 Å². The van der Waals surface area contributed by atoms with Crippen LogP contribution in [0.4, 0.5) is 0 Å². The van der Waals surface area contributed by atoms with Gasteiger partial charge in [-0.1, -0.05) is 106 Å². The molecule has 6 aliphatic rings. The zero-order chi connectivity index (χ0) is 53.4. The Kier molecular flexibility index (Phi) is 18.6. The first kappa shape index (κ1) is 55.0. The molecule has 0 atom stereocenters. The fourth-order valence-corrected chi connectivity index (χ4v) is 11.7. The summed E-state index contributed by atoms with van der Waals surface area (Å²) in [6.07, 6.45) is 11.6. The second kappa shape index (κ2) is 26.1. The Labute approximate surface area is 461 Å². The summed E-state index contributed by atoms with van der Waals surface area (Å²) in [6.45, 7) is 27.0. The zero-order valence-corrected chi connectivity index (χ0v) is 46.7. The van der Waals surface area contributed by atoms with Gasteiger partial charge in [0.05, 0.1) is 36.4 Å². The SMILES string of the molecule is CCCCCC[N+]12CC[N+](COc3cc(C#Cc4ccc(C#Cc5ccc(C(=O)OCC)cc5)cc4)c(OC[N+]45CC[N+](CCCCCC)(CC4)CC5)cc3C#Cc3ccc(C#Cc4ccc(CC)cc4)cc3)(CC1)CC2. The van der Waals surface area contributed by atoms with Gasteiger partial charge in [-0.15, -0.1) is 0 Å². The van der Waals surface area contributed by atoms with Gasteiger partial charge in [0.2, 0.25) is 13.5 Å². The molecule has 8 heteroatoms. The molecule has 5 aromatic carbocycles. The van der Waals surface area contributed by atoms with E-state index in [1.807, 2.05) is 36.4 Å². The number of hydrogen-bond donors (Lipinski definition) is 0. The van der Waals surface area contributed by atoms with Crippen LogP contribution in [-0.4, -0.2) is 136 Å². The Hall–Kier alpha value is -6.75. The highest BCUT2D eigenvalue weighted by Crippen LogP contribution is 2.34. The van der Waals surface area contributed by atoms with E-state index in [4.69, 9.17) is 14.2 Å². The van der Waals surface area contributed by atoms with Crippen molar-refractivity contribution in [1.29, 1.82) is 0 Å².